The highest BCUT2D eigenvalue weighted by atomic mass is 16.5. The molecule has 0 unspecified atom stereocenters. The smallest absolute Gasteiger partial charge is 0.269 e. The van der Waals surface area contributed by atoms with E-state index in [1.807, 2.05) is 31.2 Å². The molecule has 1 aliphatic heterocycles. The summed E-state index contributed by atoms with van der Waals surface area (Å²) in [5.74, 6) is 0.936. The molecule has 0 spiro atoms. The first kappa shape index (κ1) is 15.4. The summed E-state index contributed by atoms with van der Waals surface area (Å²) in [5, 5.41) is 5.44. The minimum absolute atomic E-state index is 0.0737. The lowest BCUT2D eigenvalue weighted by molar-refractivity contribution is -0.132. The number of ether oxygens (including phenoxy) is 1. The van der Waals surface area contributed by atoms with Crippen LogP contribution in [0.2, 0.25) is 0 Å². The average molecular weight is 315 g/mol. The maximum atomic E-state index is 12.3. The Hall–Kier alpha value is -2.50. The molecule has 0 bridgehead atoms. The maximum Gasteiger partial charge on any atom is 0.269 e. The number of aryl methyl sites for hydroxylation is 1. The minimum atomic E-state index is -0.125. The number of hydrogen-bond acceptors (Lipinski definition) is 3. The number of fused-ring (bicyclic) bond motifs is 1. The highest BCUT2D eigenvalue weighted by Crippen LogP contribution is 2.17. The predicted molar refractivity (Wildman–Crippen MR) is 86.4 cm³/mol. The summed E-state index contributed by atoms with van der Waals surface area (Å²) in [6.45, 7) is 3.56. The average Bonchev–Trinajstić information content (AvgIpc) is 2.93. The summed E-state index contributed by atoms with van der Waals surface area (Å²) in [7, 11) is 0. The van der Waals surface area contributed by atoms with E-state index in [9.17, 15) is 9.59 Å². The van der Waals surface area contributed by atoms with Gasteiger partial charge in [-0.05, 0) is 25.0 Å². The Bertz CT molecular complexity index is 748. The number of nitrogens with zero attached hydrogens (tertiary/aromatic N) is 1. The van der Waals surface area contributed by atoms with Crippen LogP contribution in [-0.4, -0.2) is 34.2 Å². The molecule has 23 heavy (non-hydrogen) atoms. The van der Waals surface area contributed by atoms with Crippen molar-refractivity contribution in [3.8, 4) is 5.75 Å². The second-order valence-electron chi connectivity index (χ2n) is 5.82. The summed E-state index contributed by atoms with van der Waals surface area (Å²) >= 11 is 0. The molecular weight excluding hydrogens is 294 g/mol. The summed E-state index contributed by atoms with van der Waals surface area (Å²) in [5.41, 5.74) is 2.57. The fourth-order valence-corrected chi connectivity index (χ4v) is 2.81. The minimum Gasteiger partial charge on any atom is -0.493 e. The highest BCUT2D eigenvalue weighted by molar-refractivity contribution is 5.76. The van der Waals surface area contributed by atoms with Crippen molar-refractivity contribution in [2.75, 3.05) is 13.2 Å². The molecular formula is C17H21N3O3. The molecule has 3 rings (SSSR count). The second-order valence-corrected chi connectivity index (χ2v) is 5.82. The van der Waals surface area contributed by atoms with Gasteiger partial charge in [0, 0.05) is 25.1 Å². The molecule has 0 radical (unpaired) electrons. The molecule has 6 nitrogen and oxygen atoms in total. The number of benzene rings is 1. The van der Waals surface area contributed by atoms with Crippen LogP contribution in [0.3, 0.4) is 0 Å². The zero-order chi connectivity index (χ0) is 16.2. The summed E-state index contributed by atoms with van der Waals surface area (Å²) in [6, 6.07) is 7.84. The van der Waals surface area contributed by atoms with Gasteiger partial charge in [0.25, 0.3) is 5.56 Å². The van der Waals surface area contributed by atoms with Crippen molar-refractivity contribution in [2.45, 2.75) is 32.7 Å². The van der Waals surface area contributed by atoms with Crippen molar-refractivity contribution < 1.29 is 9.53 Å². The SMILES string of the molecule is Cc1ccccc1OCCCC(=O)N1CCc2[nH][nH]c(=O)c2C1. The molecule has 0 saturated heterocycles. The molecule has 0 fully saturated rings. The molecule has 2 N–H and O–H groups in total. The fourth-order valence-electron chi connectivity index (χ4n) is 2.81. The normalized spacial score (nSPS) is 13.7. The van der Waals surface area contributed by atoms with Crippen molar-refractivity contribution in [1.82, 2.24) is 15.1 Å². The quantitative estimate of drug-likeness (QED) is 0.825. The highest BCUT2D eigenvalue weighted by Gasteiger charge is 2.23. The third-order valence-electron chi connectivity index (χ3n) is 4.18. The van der Waals surface area contributed by atoms with Crippen LogP contribution in [-0.2, 0) is 17.8 Å². The lowest BCUT2D eigenvalue weighted by atomic mass is 10.1. The first-order chi connectivity index (χ1) is 11.1. The van der Waals surface area contributed by atoms with Gasteiger partial charge in [-0.1, -0.05) is 18.2 Å². The van der Waals surface area contributed by atoms with E-state index in [-0.39, 0.29) is 11.5 Å². The Morgan fingerprint density at radius 3 is 2.96 bits per heavy atom. The summed E-state index contributed by atoms with van der Waals surface area (Å²) < 4.78 is 5.71. The number of nitrogens with one attached hydrogen (secondary N) is 2. The van der Waals surface area contributed by atoms with Gasteiger partial charge in [-0.2, -0.15) is 0 Å². The molecule has 2 aromatic rings. The Morgan fingerprint density at radius 2 is 2.13 bits per heavy atom. The van der Waals surface area contributed by atoms with Gasteiger partial charge in [-0.3, -0.25) is 14.7 Å². The molecule has 0 aliphatic carbocycles. The number of carbonyl (C=O) groups is 1. The summed E-state index contributed by atoms with van der Waals surface area (Å²) in [6.07, 6.45) is 1.79. The lowest BCUT2D eigenvalue weighted by Gasteiger charge is -2.26. The Kier molecular flexibility index (Phi) is 4.50. The first-order valence-corrected chi connectivity index (χ1v) is 7.90. The van der Waals surface area contributed by atoms with Crippen LogP contribution >= 0.6 is 0 Å². The van der Waals surface area contributed by atoms with Crippen LogP contribution in [0, 0.1) is 6.92 Å². The lowest BCUT2D eigenvalue weighted by Crippen LogP contribution is -2.37. The third-order valence-corrected chi connectivity index (χ3v) is 4.18. The van der Waals surface area contributed by atoms with Gasteiger partial charge < -0.3 is 14.7 Å². The van der Waals surface area contributed by atoms with Gasteiger partial charge in [0.2, 0.25) is 5.91 Å². The monoisotopic (exact) mass is 315 g/mol. The molecule has 0 saturated carbocycles. The number of aromatic nitrogens is 2. The van der Waals surface area contributed by atoms with Crippen LogP contribution in [0.1, 0.15) is 29.7 Å². The van der Waals surface area contributed by atoms with Gasteiger partial charge in [-0.25, -0.2) is 0 Å². The van der Waals surface area contributed by atoms with Gasteiger partial charge in [-0.15, -0.1) is 0 Å². The number of para-hydroxylation sites is 1. The van der Waals surface area contributed by atoms with E-state index < -0.39 is 0 Å². The second kappa shape index (κ2) is 6.73. The maximum absolute atomic E-state index is 12.3. The van der Waals surface area contributed by atoms with E-state index in [2.05, 4.69) is 10.2 Å². The third kappa shape index (κ3) is 3.47. The van der Waals surface area contributed by atoms with E-state index in [4.69, 9.17) is 4.74 Å². The largest absolute Gasteiger partial charge is 0.493 e. The van der Waals surface area contributed by atoms with E-state index in [0.29, 0.717) is 44.5 Å². The first-order valence-electron chi connectivity index (χ1n) is 7.90. The van der Waals surface area contributed by atoms with E-state index >= 15 is 0 Å². The van der Waals surface area contributed by atoms with E-state index in [1.165, 1.54) is 0 Å². The van der Waals surface area contributed by atoms with E-state index in [0.717, 1.165) is 17.0 Å². The molecule has 1 amide bonds. The Morgan fingerprint density at radius 1 is 1.30 bits per heavy atom. The van der Waals surface area contributed by atoms with Gasteiger partial charge in [0.15, 0.2) is 0 Å². The number of amides is 1. The van der Waals surface area contributed by atoms with Crippen molar-refractivity contribution in [2.24, 2.45) is 0 Å². The number of carbonyl (C=O) groups excluding carboxylic acids is 1. The van der Waals surface area contributed by atoms with Gasteiger partial charge in [0.1, 0.15) is 5.75 Å². The zero-order valence-electron chi connectivity index (χ0n) is 13.2. The number of hydrogen-bond donors (Lipinski definition) is 2. The van der Waals surface area contributed by atoms with Crippen molar-refractivity contribution >= 4 is 5.91 Å². The fraction of sp³-hybridized carbons (Fsp3) is 0.412. The number of H-pyrrole nitrogens is 2. The molecule has 1 aromatic carbocycles. The number of aromatic amines is 2. The zero-order valence-corrected chi connectivity index (χ0v) is 13.2. The molecule has 0 atom stereocenters. The van der Waals surface area contributed by atoms with Crippen LogP contribution < -0.4 is 10.3 Å². The van der Waals surface area contributed by atoms with Gasteiger partial charge >= 0.3 is 0 Å². The molecule has 6 heteroatoms. The van der Waals surface area contributed by atoms with Gasteiger partial charge in [0.05, 0.1) is 18.7 Å². The topological polar surface area (TPSA) is 78.2 Å². The summed E-state index contributed by atoms with van der Waals surface area (Å²) in [4.78, 5) is 25.7. The molecule has 122 valence electrons. The molecule has 2 heterocycles. The predicted octanol–water partition coefficient (Wildman–Crippen LogP) is 1.76. The van der Waals surface area contributed by atoms with E-state index in [1.54, 1.807) is 4.90 Å². The Labute approximate surface area is 134 Å². The van der Waals surface area contributed by atoms with Crippen molar-refractivity contribution in [1.29, 1.82) is 0 Å². The van der Waals surface area contributed by atoms with Crippen LogP contribution in [0.4, 0.5) is 0 Å². The Balaban J connectivity index is 1.46. The van der Waals surface area contributed by atoms with Crippen LogP contribution in [0.25, 0.3) is 0 Å². The number of rotatable bonds is 5. The molecule has 1 aliphatic rings. The molecule has 1 aromatic heterocycles. The standard InChI is InChI=1S/C17H21N3O3/c1-12-5-2-3-6-15(12)23-10-4-7-16(21)20-9-8-14-13(11-20)17(22)19-18-14/h2-3,5-6H,4,7-11H2,1H3,(H2,18,19,22). The van der Waals surface area contributed by atoms with Crippen molar-refractivity contribution in [3.63, 3.8) is 0 Å². The van der Waals surface area contributed by atoms with Crippen LogP contribution in [0.15, 0.2) is 29.1 Å². The van der Waals surface area contributed by atoms with Crippen molar-refractivity contribution in [3.05, 3.63) is 51.4 Å². The van der Waals surface area contributed by atoms with Crippen LogP contribution in [0.5, 0.6) is 5.75 Å².